The molecule has 0 aliphatic heterocycles. The third-order valence-electron chi connectivity index (χ3n) is 2.40. The zero-order valence-electron chi connectivity index (χ0n) is 10.7. The maximum absolute atomic E-state index is 12.0. The molecule has 106 valence electrons. The number of carbonyl (C=O) groups excluding carboxylic acids is 1. The second-order valence-electron chi connectivity index (χ2n) is 4.09. The molecular formula is C11H16ClN3O3S. The number of rotatable bonds is 5. The van der Waals surface area contributed by atoms with Crippen molar-refractivity contribution in [2.24, 2.45) is 0 Å². The van der Waals surface area contributed by atoms with Crippen LogP contribution in [0.1, 0.15) is 6.42 Å². The number of hydrogen-bond acceptors (Lipinski definition) is 4. The second kappa shape index (κ2) is 6.23. The Balaban J connectivity index is 2.80. The predicted molar refractivity (Wildman–Crippen MR) is 74.4 cm³/mol. The van der Waals surface area contributed by atoms with E-state index in [1.54, 1.807) is 20.2 Å². The molecule has 0 saturated heterocycles. The van der Waals surface area contributed by atoms with E-state index in [0.29, 0.717) is 0 Å². The molecule has 0 unspecified atom stereocenters. The largest absolute Gasteiger partial charge is 0.398 e. The van der Waals surface area contributed by atoms with Gasteiger partial charge in [-0.1, -0.05) is 17.7 Å². The van der Waals surface area contributed by atoms with Crippen LogP contribution in [0.3, 0.4) is 0 Å². The highest BCUT2D eigenvalue weighted by Gasteiger charge is 2.20. The van der Waals surface area contributed by atoms with E-state index in [9.17, 15) is 13.2 Å². The number of carbonyl (C=O) groups is 1. The summed E-state index contributed by atoms with van der Waals surface area (Å²) in [7, 11) is -0.621. The molecule has 1 rings (SSSR count). The molecule has 0 radical (unpaired) electrons. The third kappa shape index (κ3) is 4.09. The van der Waals surface area contributed by atoms with Gasteiger partial charge in [0.2, 0.25) is 15.9 Å². The zero-order chi connectivity index (χ0) is 14.6. The molecule has 0 aliphatic rings. The van der Waals surface area contributed by atoms with Gasteiger partial charge in [0, 0.05) is 27.1 Å². The normalized spacial score (nSPS) is 11.3. The second-order valence-corrected chi connectivity index (χ2v) is 6.21. The molecule has 19 heavy (non-hydrogen) atoms. The van der Waals surface area contributed by atoms with Gasteiger partial charge in [-0.2, -0.15) is 0 Å². The first-order valence-corrected chi connectivity index (χ1v) is 7.35. The third-order valence-corrected chi connectivity index (χ3v) is 4.40. The van der Waals surface area contributed by atoms with Crippen molar-refractivity contribution in [2.45, 2.75) is 11.3 Å². The van der Waals surface area contributed by atoms with E-state index in [0.717, 1.165) is 0 Å². The van der Waals surface area contributed by atoms with Gasteiger partial charge in [0.05, 0.1) is 10.7 Å². The summed E-state index contributed by atoms with van der Waals surface area (Å²) < 4.78 is 26.4. The summed E-state index contributed by atoms with van der Waals surface area (Å²) >= 11 is 5.83. The monoisotopic (exact) mass is 305 g/mol. The summed E-state index contributed by atoms with van der Waals surface area (Å²) in [6.45, 7) is -0.00991. The van der Waals surface area contributed by atoms with Gasteiger partial charge in [-0.05, 0) is 12.1 Å². The van der Waals surface area contributed by atoms with Gasteiger partial charge < -0.3 is 10.6 Å². The van der Waals surface area contributed by atoms with Crippen LogP contribution in [0.4, 0.5) is 5.69 Å². The average Bonchev–Trinajstić information content (AvgIpc) is 2.27. The molecule has 0 bridgehead atoms. The summed E-state index contributed by atoms with van der Waals surface area (Å²) in [4.78, 5) is 12.6. The number of nitrogens with two attached hydrogens (primary N) is 1. The number of amides is 1. The van der Waals surface area contributed by atoms with E-state index in [-0.39, 0.29) is 34.5 Å². The number of sulfonamides is 1. The van der Waals surface area contributed by atoms with Gasteiger partial charge in [-0.15, -0.1) is 0 Å². The number of anilines is 1. The van der Waals surface area contributed by atoms with Crippen molar-refractivity contribution < 1.29 is 13.2 Å². The fourth-order valence-corrected chi connectivity index (χ4v) is 3.10. The van der Waals surface area contributed by atoms with Gasteiger partial charge in [0.1, 0.15) is 4.90 Å². The van der Waals surface area contributed by atoms with Crippen LogP contribution in [0.2, 0.25) is 5.02 Å². The van der Waals surface area contributed by atoms with Crippen molar-refractivity contribution >= 4 is 33.2 Å². The lowest BCUT2D eigenvalue weighted by Gasteiger charge is -2.12. The fourth-order valence-electron chi connectivity index (χ4n) is 1.40. The minimum absolute atomic E-state index is 0.00991. The summed E-state index contributed by atoms with van der Waals surface area (Å²) in [6.07, 6.45) is 0.0661. The molecule has 1 aromatic carbocycles. The summed E-state index contributed by atoms with van der Waals surface area (Å²) in [6, 6.07) is 4.45. The van der Waals surface area contributed by atoms with Crippen molar-refractivity contribution in [3.63, 3.8) is 0 Å². The van der Waals surface area contributed by atoms with Crippen LogP contribution < -0.4 is 10.5 Å². The Kier molecular flexibility index (Phi) is 5.16. The smallest absolute Gasteiger partial charge is 0.244 e. The van der Waals surface area contributed by atoms with E-state index in [2.05, 4.69) is 4.72 Å². The van der Waals surface area contributed by atoms with Gasteiger partial charge in [-0.3, -0.25) is 4.79 Å². The van der Waals surface area contributed by atoms with Crippen LogP contribution in [0, 0.1) is 0 Å². The number of nitrogen functional groups attached to an aromatic ring is 1. The van der Waals surface area contributed by atoms with Crippen molar-refractivity contribution in [2.75, 3.05) is 26.4 Å². The van der Waals surface area contributed by atoms with Crippen LogP contribution in [-0.4, -0.2) is 39.9 Å². The highest BCUT2D eigenvalue weighted by atomic mass is 35.5. The van der Waals surface area contributed by atoms with Crippen molar-refractivity contribution in [3.8, 4) is 0 Å². The van der Waals surface area contributed by atoms with E-state index < -0.39 is 10.0 Å². The number of nitrogens with zero attached hydrogens (tertiary/aromatic N) is 1. The highest BCUT2D eigenvalue weighted by molar-refractivity contribution is 7.89. The van der Waals surface area contributed by atoms with Crippen molar-refractivity contribution in [1.82, 2.24) is 9.62 Å². The number of hydrogen-bond donors (Lipinski definition) is 2. The molecule has 0 heterocycles. The molecule has 1 aromatic rings. The Morgan fingerprint density at radius 1 is 1.42 bits per heavy atom. The number of halogens is 1. The van der Waals surface area contributed by atoms with Gasteiger partial charge in [-0.25, -0.2) is 13.1 Å². The first-order valence-electron chi connectivity index (χ1n) is 5.49. The first-order chi connectivity index (χ1) is 8.75. The molecular weight excluding hydrogens is 290 g/mol. The van der Waals surface area contributed by atoms with E-state index in [4.69, 9.17) is 17.3 Å². The van der Waals surface area contributed by atoms with E-state index in [1.165, 1.54) is 17.0 Å². The van der Waals surface area contributed by atoms with E-state index in [1.807, 2.05) is 0 Å². The van der Waals surface area contributed by atoms with Crippen LogP contribution in [-0.2, 0) is 14.8 Å². The molecule has 0 atom stereocenters. The maximum atomic E-state index is 12.0. The average molecular weight is 306 g/mol. The highest BCUT2D eigenvalue weighted by Crippen LogP contribution is 2.26. The standard InChI is InChI=1S/C11H16ClN3O3S/c1-15(2)10(16)6-7-14-19(17,18)11-8(12)4-3-5-9(11)13/h3-5,14H,6-7,13H2,1-2H3. The van der Waals surface area contributed by atoms with Crippen LogP contribution in [0.5, 0.6) is 0 Å². The Hall–Kier alpha value is -1.31. The zero-order valence-corrected chi connectivity index (χ0v) is 12.3. The lowest BCUT2D eigenvalue weighted by atomic mass is 10.3. The first kappa shape index (κ1) is 15.7. The summed E-state index contributed by atoms with van der Waals surface area (Å²) in [5.74, 6) is -0.171. The Labute approximate surface area is 117 Å². The molecule has 0 spiro atoms. The van der Waals surface area contributed by atoms with Gasteiger partial charge in [0.25, 0.3) is 0 Å². The van der Waals surface area contributed by atoms with E-state index >= 15 is 0 Å². The predicted octanol–water partition coefficient (Wildman–Crippen LogP) is 0.679. The minimum atomic E-state index is -3.82. The Morgan fingerprint density at radius 2 is 2.05 bits per heavy atom. The Morgan fingerprint density at radius 3 is 2.58 bits per heavy atom. The van der Waals surface area contributed by atoms with Crippen molar-refractivity contribution in [3.05, 3.63) is 23.2 Å². The quantitative estimate of drug-likeness (QED) is 0.782. The molecule has 0 aliphatic carbocycles. The minimum Gasteiger partial charge on any atom is -0.398 e. The fraction of sp³-hybridized carbons (Fsp3) is 0.364. The molecule has 1 amide bonds. The molecule has 0 aromatic heterocycles. The van der Waals surface area contributed by atoms with Gasteiger partial charge in [0.15, 0.2) is 0 Å². The molecule has 6 nitrogen and oxygen atoms in total. The summed E-state index contributed by atoms with van der Waals surface area (Å²) in [5.41, 5.74) is 5.68. The topological polar surface area (TPSA) is 92.5 Å². The van der Waals surface area contributed by atoms with Crippen molar-refractivity contribution in [1.29, 1.82) is 0 Å². The number of nitrogens with one attached hydrogen (secondary N) is 1. The van der Waals surface area contributed by atoms with Gasteiger partial charge >= 0.3 is 0 Å². The van der Waals surface area contributed by atoms with Crippen LogP contribution in [0.25, 0.3) is 0 Å². The summed E-state index contributed by atoms with van der Waals surface area (Å²) in [5, 5.41) is 0.0476. The van der Waals surface area contributed by atoms with Crippen LogP contribution >= 0.6 is 11.6 Å². The number of benzene rings is 1. The SMILES string of the molecule is CN(C)C(=O)CCNS(=O)(=O)c1c(N)cccc1Cl. The lowest BCUT2D eigenvalue weighted by Crippen LogP contribution is -2.30. The lowest BCUT2D eigenvalue weighted by molar-refractivity contribution is -0.128. The molecule has 0 fully saturated rings. The molecule has 8 heteroatoms. The molecule has 0 saturated carbocycles. The maximum Gasteiger partial charge on any atom is 0.244 e. The molecule has 3 N–H and O–H groups in total. The Bertz CT molecular complexity index is 552. The van der Waals surface area contributed by atoms with Crippen LogP contribution in [0.15, 0.2) is 23.1 Å².